The van der Waals surface area contributed by atoms with Gasteiger partial charge in [0.1, 0.15) is 5.82 Å². The summed E-state index contributed by atoms with van der Waals surface area (Å²) < 4.78 is 12.3. The molecule has 0 saturated carbocycles. The van der Waals surface area contributed by atoms with Gasteiger partial charge in [0.15, 0.2) is 0 Å². The average Bonchev–Trinajstić information content (AvgIpc) is 3.53. The van der Waals surface area contributed by atoms with Crippen molar-refractivity contribution in [2.24, 2.45) is 7.05 Å². The molecular formula is C25H24N8O2. The number of hydrogen-bond donors (Lipinski definition) is 1. The van der Waals surface area contributed by atoms with Crippen LogP contribution in [0, 0.1) is 6.92 Å². The average molecular weight is 469 g/mol. The molecule has 0 bridgehead atoms. The fourth-order valence-electron chi connectivity index (χ4n) is 4.30. The molecule has 10 heteroatoms. The van der Waals surface area contributed by atoms with Crippen LogP contribution >= 0.6 is 0 Å². The van der Waals surface area contributed by atoms with E-state index in [1.165, 1.54) is 6.39 Å². The topological polar surface area (TPSA) is 107 Å². The molecule has 5 aromatic rings. The summed E-state index contributed by atoms with van der Waals surface area (Å²) in [5.41, 5.74) is 5.70. The van der Waals surface area contributed by atoms with Gasteiger partial charge >= 0.3 is 0 Å². The molecular weight excluding hydrogens is 444 g/mol. The van der Waals surface area contributed by atoms with Gasteiger partial charge in [-0.15, -0.1) is 0 Å². The van der Waals surface area contributed by atoms with Crippen LogP contribution in [0.25, 0.3) is 33.5 Å². The zero-order chi connectivity index (χ0) is 23.8. The highest BCUT2D eigenvalue weighted by Gasteiger charge is 2.17. The first-order valence-corrected chi connectivity index (χ1v) is 11.4. The van der Waals surface area contributed by atoms with Gasteiger partial charge in [-0.3, -0.25) is 4.68 Å². The smallest absolute Gasteiger partial charge is 0.228 e. The fourth-order valence-corrected chi connectivity index (χ4v) is 4.30. The van der Waals surface area contributed by atoms with Crippen molar-refractivity contribution >= 4 is 28.4 Å². The summed E-state index contributed by atoms with van der Waals surface area (Å²) >= 11 is 0. The Morgan fingerprint density at radius 2 is 1.74 bits per heavy atom. The van der Waals surface area contributed by atoms with Crippen LogP contribution in [-0.2, 0) is 11.8 Å². The van der Waals surface area contributed by atoms with Crippen LogP contribution in [0.2, 0.25) is 0 Å². The van der Waals surface area contributed by atoms with E-state index in [2.05, 4.69) is 43.7 Å². The number of rotatable bonds is 5. The Kier molecular flexibility index (Phi) is 5.34. The Morgan fingerprint density at radius 1 is 0.943 bits per heavy atom. The molecule has 2 aromatic carbocycles. The molecule has 0 unspecified atom stereocenters. The van der Waals surface area contributed by atoms with Gasteiger partial charge in [0.05, 0.1) is 30.1 Å². The number of hydrogen-bond acceptors (Lipinski definition) is 9. The second-order valence-electron chi connectivity index (χ2n) is 8.44. The Balaban J connectivity index is 1.37. The quantitative estimate of drug-likeness (QED) is 0.410. The molecule has 10 nitrogen and oxygen atoms in total. The summed E-state index contributed by atoms with van der Waals surface area (Å²) in [7, 11) is 1.96. The maximum Gasteiger partial charge on any atom is 0.228 e. The number of morpholine rings is 1. The van der Waals surface area contributed by atoms with Crippen LogP contribution in [-0.4, -0.2) is 56.2 Å². The third-order valence-corrected chi connectivity index (χ3v) is 6.12. The molecule has 0 spiro atoms. The number of anilines is 3. The van der Waals surface area contributed by atoms with Gasteiger partial charge in [-0.2, -0.15) is 15.1 Å². The molecule has 176 valence electrons. The predicted octanol–water partition coefficient (Wildman–Crippen LogP) is 3.97. The van der Waals surface area contributed by atoms with Crippen LogP contribution < -0.4 is 10.2 Å². The molecule has 0 aliphatic carbocycles. The number of nitrogens with zero attached hydrogens (tertiary/aromatic N) is 7. The molecule has 0 amide bonds. The monoisotopic (exact) mass is 468 g/mol. The van der Waals surface area contributed by atoms with E-state index in [1.807, 2.05) is 49.0 Å². The Labute approximate surface area is 201 Å². The first kappa shape index (κ1) is 21.2. The minimum atomic E-state index is 0.552. The highest BCUT2D eigenvalue weighted by Crippen LogP contribution is 2.29. The first-order valence-electron chi connectivity index (χ1n) is 11.4. The summed E-state index contributed by atoms with van der Waals surface area (Å²) in [6.45, 7) is 4.85. The van der Waals surface area contributed by atoms with E-state index in [1.54, 1.807) is 0 Å². The van der Waals surface area contributed by atoms with Crippen LogP contribution in [0.1, 0.15) is 5.69 Å². The Morgan fingerprint density at radius 3 is 2.51 bits per heavy atom. The van der Waals surface area contributed by atoms with E-state index in [4.69, 9.17) is 19.2 Å². The third kappa shape index (κ3) is 4.19. The standard InChI is InChI=1S/C25H24N8O2/c1-16-20-8-5-18(13-22(20)32(2)30-16)21-14-23(29-25(28-21)33-9-11-34-12-10-33)27-19-6-3-17(4-7-19)24-26-15-35-31-24/h3-8,13-15H,9-12H2,1-2H3,(H,27,28,29). The van der Waals surface area contributed by atoms with Gasteiger partial charge in [0.2, 0.25) is 18.2 Å². The molecule has 1 N–H and O–H groups in total. The predicted molar refractivity (Wildman–Crippen MR) is 133 cm³/mol. The molecule has 0 atom stereocenters. The van der Waals surface area contributed by atoms with E-state index in [-0.39, 0.29) is 0 Å². The second-order valence-corrected chi connectivity index (χ2v) is 8.44. The van der Waals surface area contributed by atoms with Crippen molar-refractivity contribution < 1.29 is 9.26 Å². The van der Waals surface area contributed by atoms with Gasteiger partial charge in [0.25, 0.3) is 0 Å². The van der Waals surface area contributed by atoms with E-state index in [9.17, 15) is 0 Å². The first-order chi connectivity index (χ1) is 17.1. The number of nitrogens with one attached hydrogen (secondary N) is 1. The van der Waals surface area contributed by atoms with Gasteiger partial charge < -0.3 is 19.5 Å². The number of fused-ring (bicyclic) bond motifs is 1. The van der Waals surface area contributed by atoms with Crippen molar-refractivity contribution in [1.29, 1.82) is 0 Å². The molecule has 1 aliphatic heterocycles. The van der Waals surface area contributed by atoms with Gasteiger partial charge in [-0.05, 0) is 37.3 Å². The SMILES string of the molecule is Cc1nn(C)c2cc(-c3cc(Nc4ccc(-c5ncon5)cc4)nc(N4CCOCC4)n3)ccc12. The lowest BCUT2D eigenvalue weighted by atomic mass is 10.1. The lowest BCUT2D eigenvalue weighted by Gasteiger charge is -2.27. The van der Waals surface area contributed by atoms with Crippen LogP contribution in [0.4, 0.5) is 17.5 Å². The second kappa shape index (κ2) is 8.80. The number of aryl methyl sites for hydroxylation is 2. The van der Waals surface area contributed by atoms with Gasteiger partial charge in [-0.1, -0.05) is 17.3 Å². The van der Waals surface area contributed by atoms with Gasteiger partial charge in [-0.25, -0.2) is 4.98 Å². The van der Waals surface area contributed by atoms with E-state index < -0.39 is 0 Å². The maximum absolute atomic E-state index is 5.53. The summed E-state index contributed by atoms with van der Waals surface area (Å²) in [5, 5.41) is 13.0. The van der Waals surface area contributed by atoms with E-state index >= 15 is 0 Å². The highest BCUT2D eigenvalue weighted by molar-refractivity contribution is 5.86. The molecule has 0 radical (unpaired) electrons. The van der Waals surface area contributed by atoms with Crippen molar-refractivity contribution in [2.45, 2.75) is 6.92 Å². The maximum atomic E-state index is 5.53. The molecule has 4 heterocycles. The van der Waals surface area contributed by atoms with Crippen molar-refractivity contribution in [3.8, 4) is 22.6 Å². The molecule has 6 rings (SSSR count). The largest absolute Gasteiger partial charge is 0.378 e. The van der Waals surface area contributed by atoms with Crippen LogP contribution in [0.15, 0.2) is 59.4 Å². The van der Waals surface area contributed by atoms with Crippen molar-refractivity contribution in [3.63, 3.8) is 0 Å². The summed E-state index contributed by atoms with van der Waals surface area (Å²) in [6.07, 6.45) is 1.32. The minimum absolute atomic E-state index is 0.552. The third-order valence-electron chi connectivity index (χ3n) is 6.12. The number of ether oxygens (including phenoxy) is 1. The van der Waals surface area contributed by atoms with E-state index in [0.717, 1.165) is 52.2 Å². The fraction of sp³-hybridized carbons (Fsp3) is 0.240. The molecule has 35 heavy (non-hydrogen) atoms. The zero-order valence-corrected chi connectivity index (χ0v) is 19.5. The Bertz CT molecular complexity index is 1470. The molecule has 1 aliphatic rings. The van der Waals surface area contributed by atoms with Crippen molar-refractivity contribution in [1.82, 2.24) is 29.9 Å². The summed E-state index contributed by atoms with van der Waals surface area (Å²) in [5.74, 6) is 1.94. The van der Waals surface area contributed by atoms with E-state index in [0.29, 0.717) is 30.8 Å². The van der Waals surface area contributed by atoms with Crippen molar-refractivity contribution in [3.05, 3.63) is 60.6 Å². The molecule has 1 saturated heterocycles. The van der Waals surface area contributed by atoms with Crippen LogP contribution in [0.5, 0.6) is 0 Å². The lowest BCUT2D eigenvalue weighted by Crippen LogP contribution is -2.37. The lowest BCUT2D eigenvalue weighted by molar-refractivity contribution is 0.122. The molecule has 3 aromatic heterocycles. The summed E-state index contributed by atoms with van der Waals surface area (Å²) in [4.78, 5) is 16.0. The van der Waals surface area contributed by atoms with Crippen LogP contribution in [0.3, 0.4) is 0 Å². The molecule has 1 fully saturated rings. The van der Waals surface area contributed by atoms with Gasteiger partial charge in [0, 0.05) is 48.4 Å². The zero-order valence-electron chi connectivity index (χ0n) is 19.5. The highest BCUT2D eigenvalue weighted by atomic mass is 16.5. The normalized spacial score (nSPS) is 13.9. The number of benzene rings is 2. The minimum Gasteiger partial charge on any atom is -0.378 e. The van der Waals surface area contributed by atoms with Crippen molar-refractivity contribution in [2.75, 3.05) is 36.5 Å². The summed E-state index contributed by atoms with van der Waals surface area (Å²) in [6, 6.07) is 16.1. The Hall–Kier alpha value is -4.31. The number of aromatic nitrogens is 6.